The lowest BCUT2D eigenvalue weighted by Crippen LogP contribution is -2.32. The summed E-state index contributed by atoms with van der Waals surface area (Å²) in [5.74, 6) is 0.640. The van der Waals surface area contributed by atoms with Gasteiger partial charge >= 0.3 is 5.97 Å². The standard InChI is InChI=1S/C36H41NO3/c1-27(2)31-19-17-29(18-20-31)25-37(22-21-28(3)40-34-16-10-11-30(23-34)24-36(38)39)26-35(32-12-6-4-7-13-32)33-14-8-5-9-15-33/h4-20,23,27-28,35H,21-22,24-26H2,1-3H3,(H,38,39). The van der Waals surface area contributed by atoms with Crippen molar-refractivity contribution in [3.05, 3.63) is 137 Å². The minimum absolute atomic E-state index is 0.00464. The van der Waals surface area contributed by atoms with Crippen LogP contribution in [0.3, 0.4) is 0 Å². The fraction of sp³-hybridized carbons (Fsp3) is 0.306. The molecule has 0 aliphatic heterocycles. The van der Waals surface area contributed by atoms with Crippen LogP contribution in [0.25, 0.3) is 0 Å². The van der Waals surface area contributed by atoms with Gasteiger partial charge in [-0.1, -0.05) is 111 Å². The lowest BCUT2D eigenvalue weighted by atomic mass is 9.90. The molecule has 4 aromatic carbocycles. The number of nitrogens with zero attached hydrogens (tertiary/aromatic N) is 1. The summed E-state index contributed by atoms with van der Waals surface area (Å²) in [7, 11) is 0. The molecule has 0 fully saturated rings. The van der Waals surface area contributed by atoms with E-state index in [1.807, 2.05) is 24.3 Å². The van der Waals surface area contributed by atoms with Crippen LogP contribution in [0.5, 0.6) is 5.75 Å². The van der Waals surface area contributed by atoms with Gasteiger partial charge in [-0.2, -0.15) is 0 Å². The summed E-state index contributed by atoms with van der Waals surface area (Å²) in [5.41, 5.74) is 6.03. The quantitative estimate of drug-likeness (QED) is 0.178. The molecule has 0 amide bonds. The van der Waals surface area contributed by atoms with Crippen LogP contribution in [0.1, 0.15) is 66.8 Å². The molecule has 4 aromatic rings. The van der Waals surface area contributed by atoms with Crippen LogP contribution in [-0.4, -0.2) is 35.2 Å². The zero-order chi connectivity index (χ0) is 28.3. The highest BCUT2D eigenvalue weighted by Crippen LogP contribution is 2.27. The van der Waals surface area contributed by atoms with Crippen molar-refractivity contribution in [3.63, 3.8) is 0 Å². The van der Waals surface area contributed by atoms with E-state index < -0.39 is 5.97 Å². The van der Waals surface area contributed by atoms with Gasteiger partial charge in [0.05, 0.1) is 12.5 Å². The Bertz CT molecular complexity index is 1280. The van der Waals surface area contributed by atoms with E-state index in [-0.39, 0.29) is 18.4 Å². The monoisotopic (exact) mass is 535 g/mol. The first-order chi connectivity index (χ1) is 19.4. The SMILES string of the molecule is CC(CCN(Cc1ccc(C(C)C)cc1)CC(c1ccccc1)c1ccccc1)Oc1cccc(CC(=O)O)c1. The molecule has 208 valence electrons. The first-order valence-corrected chi connectivity index (χ1v) is 14.3. The number of benzene rings is 4. The molecule has 40 heavy (non-hydrogen) atoms. The van der Waals surface area contributed by atoms with E-state index in [4.69, 9.17) is 9.84 Å². The van der Waals surface area contributed by atoms with Crippen LogP contribution in [0.15, 0.2) is 109 Å². The number of carboxylic acid groups (broad SMARTS) is 1. The second-order valence-corrected chi connectivity index (χ2v) is 10.9. The Morgan fingerprint density at radius 1 is 0.750 bits per heavy atom. The molecule has 4 heteroatoms. The molecule has 0 spiro atoms. The van der Waals surface area contributed by atoms with Crippen LogP contribution in [0.4, 0.5) is 0 Å². The van der Waals surface area contributed by atoms with Crippen LogP contribution in [-0.2, 0) is 17.8 Å². The third-order valence-corrected chi connectivity index (χ3v) is 7.34. The van der Waals surface area contributed by atoms with Gasteiger partial charge in [-0.05, 0) is 59.2 Å². The lowest BCUT2D eigenvalue weighted by molar-refractivity contribution is -0.136. The fourth-order valence-corrected chi connectivity index (χ4v) is 5.09. The van der Waals surface area contributed by atoms with Crippen molar-refractivity contribution in [1.82, 2.24) is 4.90 Å². The van der Waals surface area contributed by atoms with Gasteiger partial charge in [0.2, 0.25) is 0 Å². The van der Waals surface area contributed by atoms with Gasteiger partial charge in [0, 0.05) is 25.6 Å². The predicted molar refractivity (Wildman–Crippen MR) is 163 cm³/mol. The Balaban J connectivity index is 1.51. The van der Waals surface area contributed by atoms with Crippen molar-refractivity contribution in [2.75, 3.05) is 13.1 Å². The first-order valence-electron chi connectivity index (χ1n) is 14.3. The van der Waals surface area contributed by atoms with E-state index in [0.29, 0.717) is 11.7 Å². The fourth-order valence-electron chi connectivity index (χ4n) is 5.09. The zero-order valence-electron chi connectivity index (χ0n) is 23.9. The maximum absolute atomic E-state index is 11.1. The van der Waals surface area contributed by atoms with Gasteiger partial charge in [-0.25, -0.2) is 0 Å². The Morgan fingerprint density at radius 2 is 1.38 bits per heavy atom. The summed E-state index contributed by atoms with van der Waals surface area (Å²) in [6.07, 6.45) is 0.830. The summed E-state index contributed by atoms with van der Waals surface area (Å²) in [4.78, 5) is 13.7. The molecule has 0 heterocycles. The third-order valence-electron chi connectivity index (χ3n) is 7.34. The van der Waals surface area contributed by atoms with Gasteiger partial charge in [0.25, 0.3) is 0 Å². The molecule has 0 bridgehead atoms. The smallest absolute Gasteiger partial charge is 0.307 e. The molecule has 0 saturated carbocycles. The Morgan fingerprint density at radius 3 is 1.95 bits per heavy atom. The molecule has 1 unspecified atom stereocenters. The topological polar surface area (TPSA) is 49.8 Å². The van der Waals surface area contributed by atoms with Crippen molar-refractivity contribution in [2.24, 2.45) is 0 Å². The van der Waals surface area contributed by atoms with Crippen molar-refractivity contribution in [2.45, 2.75) is 58.1 Å². The molecule has 0 radical (unpaired) electrons. The second kappa shape index (κ2) is 14.5. The summed E-state index contributed by atoms with van der Waals surface area (Å²) in [6.45, 7) is 9.16. The van der Waals surface area contributed by atoms with Crippen molar-refractivity contribution in [3.8, 4) is 5.75 Å². The Kier molecular flexibility index (Phi) is 10.5. The zero-order valence-corrected chi connectivity index (χ0v) is 23.9. The van der Waals surface area contributed by atoms with Crippen molar-refractivity contribution < 1.29 is 14.6 Å². The molecule has 0 aliphatic rings. The minimum Gasteiger partial charge on any atom is -0.491 e. The highest BCUT2D eigenvalue weighted by Gasteiger charge is 2.20. The normalized spacial score (nSPS) is 12.2. The Labute approximate surface area is 239 Å². The highest BCUT2D eigenvalue weighted by molar-refractivity contribution is 5.70. The van der Waals surface area contributed by atoms with Crippen molar-refractivity contribution >= 4 is 5.97 Å². The number of aliphatic carboxylic acids is 1. The number of hydrogen-bond donors (Lipinski definition) is 1. The van der Waals surface area contributed by atoms with E-state index >= 15 is 0 Å². The van der Waals surface area contributed by atoms with Gasteiger partial charge in [0.1, 0.15) is 5.75 Å². The summed E-state index contributed by atoms with van der Waals surface area (Å²) < 4.78 is 6.23. The van der Waals surface area contributed by atoms with E-state index in [9.17, 15) is 4.79 Å². The van der Waals surface area contributed by atoms with Gasteiger partial charge < -0.3 is 9.84 Å². The number of carbonyl (C=O) groups is 1. The van der Waals surface area contributed by atoms with Crippen LogP contribution in [0, 0.1) is 0 Å². The van der Waals surface area contributed by atoms with Crippen LogP contribution in [0.2, 0.25) is 0 Å². The molecular weight excluding hydrogens is 494 g/mol. The molecule has 4 rings (SSSR count). The van der Waals surface area contributed by atoms with Crippen molar-refractivity contribution in [1.29, 1.82) is 0 Å². The van der Waals surface area contributed by atoms with Gasteiger partial charge in [-0.15, -0.1) is 0 Å². The molecule has 0 saturated heterocycles. The van der Waals surface area contributed by atoms with Gasteiger partial charge in [0.15, 0.2) is 0 Å². The average Bonchev–Trinajstić information content (AvgIpc) is 2.95. The van der Waals surface area contributed by atoms with E-state index in [0.717, 1.165) is 31.6 Å². The first kappa shape index (κ1) is 29.1. The summed E-state index contributed by atoms with van der Waals surface area (Å²) >= 11 is 0. The number of carboxylic acids is 1. The maximum atomic E-state index is 11.1. The lowest BCUT2D eigenvalue weighted by Gasteiger charge is -2.29. The number of hydrogen-bond acceptors (Lipinski definition) is 3. The average molecular weight is 536 g/mol. The molecule has 4 nitrogen and oxygen atoms in total. The summed E-state index contributed by atoms with van der Waals surface area (Å²) in [6, 6.07) is 38.0. The van der Waals surface area contributed by atoms with Crippen LogP contribution < -0.4 is 4.74 Å². The number of ether oxygens (including phenoxy) is 1. The number of rotatable bonds is 14. The largest absolute Gasteiger partial charge is 0.491 e. The van der Waals surface area contributed by atoms with E-state index in [2.05, 4.69) is 111 Å². The van der Waals surface area contributed by atoms with E-state index in [1.165, 1.54) is 22.3 Å². The van der Waals surface area contributed by atoms with Crippen LogP contribution >= 0.6 is 0 Å². The van der Waals surface area contributed by atoms with Gasteiger partial charge in [-0.3, -0.25) is 9.69 Å². The molecule has 1 atom stereocenters. The Hall–Kier alpha value is -3.89. The molecular formula is C36H41NO3. The maximum Gasteiger partial charge on any atom is 0.307 e. The molecule has 0 aliphatic carbocycles. The summed E-state index contributed by atoms with van der Waals surface area (Å²) in [5, 5.41) is 9.14. The van der Waals surface area contributed by atoms with E-state index in [1.54, 1.807) is 0 Å². The second-order valence-electron chi connectivity index (χ2n) is 10.9. The minimum atomic E-state index is -0.839. The predicted octanol–water partition coefficient (Wildman–Crippen LogP) is 7.93. The molecule has 0 aromatic heterocycles. The highest BCUT2D eigenvalue weighted by atomic mass is 16.5. The molecule has 1 N–H and O–H groups in total. The third kappa shape index (κ3) is 8.82.